The second-order valence-electron chi connectivity index (χ2n) is 3.86. The van der Waals surface area contributed by atoms with E-state index in [2.05, 4.69) is 0 Å². The maximum absolute atomic E-state index is 13.5. The van der Waals surface area contributed by atoms with Crippen LogP contribution in [0, 0.1) is 5.82 Å². The fourth-order valence-corrected chi connectivity index (χ4v) is 1.79. The van der Waals surface area contributed by atoms with Crippen LogP contribution in [-0.2, 0) is 0 Å². The van der Waals surface area contributed by atoms with Gasteiger partial charge >= 0.3 is 0 Å². The molecule has 0 radical (unpaired) electrons. The van der Waals surface area contributed by atoms with E-state index in [0.717, 1.165) is 6.07 Å². The third-order valence-electron chi connectivity index (χ3n) is 2.62. The molecule has 1 aromatic carbocycles. The number of nitrogens with zero attached hydrogens (tertiary/aromatic N) is 1. The Bertz CT molecular complexity index is 420. The van der Waals surface area contributed by atoms with Crippen molar-refractivity contribution in [2.24, 2.45) is 0 Å². The van der Waals surface area contributed by atoms with Gasteiger partial charge in [-0.3, -0.25) is 4.79 Å². The molecule has 0 unspecified atom stereocenters. The number of carbonyl (C=O) groups excluding carboxylic acids is 1. The van der Waals surface area contributed by atoms with Crippen molar-refractivity contribution in [2.45, 2.75) is 12.3 Å². The number of aldehydes is 1. The van der Waals surface area contributed by atoms with Crippen LogP contribution in [0.15, 0.2) is 18.2 Å². The molecule has 1 heterocycles. The molecule has 0 saturated carbocycles. The Morgan fingerprint density at radius 3 is 2.62 bits per heavy atom. The Kier molecular flexibility index (Phi) is 2.61. The van der Waals surface area contributed by atoms with Gasteiger partial charge in [-0.15, -0.1) is 0 Å². The Balaban J connectivity index is 2.25. The van der Waals surface area contributed by atoms with Gasteiger partial charge in [-0.2, -0.15) is 0 Å². The summed E-state index contributed by atoms with van der Waals surface area (Å²) in [4.78, 5) is 11.7. The molecule has 1 aromatic rings. The van der Waals surface area contributed by atoms with E-state index in [1.165, 1.54) is 17.0 Å². The van der Waals surface area contributed by atoms with Gasteiger partial charge in [-0.1, -0.05) is 0 Å². The molecule has 0 spiro atoms. The Labute approximate surface area is 90.7 Å². The number of anilines is 1. The Morgan fingerprint density at radius 2 is 2.12 bits per heavy atom. The third kappa shape index (κ3) is 2.03. The minimum atomic E-state index is -2.75. The van der Waals surface area contributed by atoms with Crippen molar-refractivity contribution in [3.8, 4) is 0 Å². The van der Waals surface area contributed by atoms with Crippen LogP contribution in [0.4, 0.5) is 18.9 Å². The van der Waals surface area contributed by atoms with Crippen molar-refractivity contribution in [3.05, 3.63) is 29.6 Å². The van der Waals surface area contributed by atoms with E-state index in [4.69, 9.17) is 0 Å². The molecule has 1 saturated heterocycles. The van der Waals surface area contributed by atoms with Gasteiger partial charge in [0.2, 0.25) is 0 Å². The number of carbonyl (C=O) groups is 1. The third-order valence-corrected chi connectivity index (χ3v) is 2.62. The summed E-state index contributed by atoms with van der Waals surface area (Å²) in [6, 6.07) is 3.83. The first kappa shape index (κ1) is 11.0. The van der Waals surface area contributed by atoms with E-state index in [-0.39, 0.29) is 24.2 Å². The number of benzene rings is 1. The largest absolute Gasteiger partial charge is 0.363 e. The average Bonchev–Trinajstić information content (AvgIpc) is 2.58. The fourth-order valence-electron chi connectivity index (χ4n) is 1.79. The molecule has 0 bridgehead atoms. The highest BCUT2D eigenvalue weighted by Gasteiger charge is 2.38. The first-order valence-corrected chi connectivity index (χ1v) is 4.89. The summed E-state index contributed by atoms with van der Waals surface area (Å²) < 4.78 is 39.4. The number of halogens is 3. The molecule has 0 N–H and O–H groups in total. The SMILES string of the molecule is O=Cc1ccc(N2CCC(F)(F)C2)c(F)c1. The molecule has 86 valence electrons. The van der Waals surface area contributed by atoms with Crippen molar-refractivity contribution < 1.29 is 18.0 Å². The zero-order chi connectivity index (χ0) is 11.8. The molecule has 2 nitrogen and oxygen atoms in total. The first-order valence-electron chi connectivity index (χ1n) is 4.89. The number of alkyl halides is 2. The molecule has 2 rings (SSSR count). The smallest absolute Gasteiger partial charge is 0.266 e. The van der Waals surface area contributed by atoms with Crippen LogP contribution in [0.25, 0.3) is 0 Å². The molecular weight excluding hydrogens is 219 g/mol. The number of hydrogen-bond acceptors (Lipinski definition) is 2. The highest BCUT2D eigenvalue weighted by molar-refractivity contribution is 5.76. The minimum Gasteiger partial charge on any atom is -0.363 e. The molecule has 0 amide bonds. The van der Waals surface area contributed by atoms with Gasteiger partial charge in [-0.25, -0.2) is 13.2 Å². The maximum atomic E-state index is 13.5. The maximum Gasteiger partial charge on any atom is 0.266 e. The van der Waals surface area contributed by atoms with Crippen molar-refractivity contribution in [3.63, 3.8) is 0 Å². The van der Waals surface area contributed by atoms with Crippen molar-refractivity contribution >= 4 is 12.0 Å². The predicted molar refractivity (Wildman–Crippen MR) is 53.6 cm³/mol. The Morgan fingerprint density at radius 1 is 1.38 bits per heavy atom. The summed E-state index contributed by atoms with van der Waals surface area (Å²) >= 11 is 0. The van der Waals surface area contributed by atoms with Gasteiger partial charge in [0.15, 0.2) is 0 Å². The molecular formula is C11H10F3NO. The molecule has 1 aliphatic heterocycles. The van der Waals surface area contributed by atoms with E-state index < -0.39 is 18.3 Å². The second kappa shape index (κ2) is 3.81. The predicted octanol–water partition coefficient (Wildman–Crippen LogP) is 2.48. The first-order chi connectivity index (χ1) is 7.52. The summed E-state index contributed by atoms with van der Waals surface area (Å²) in [5.41, 5.74) is 0.329. The summed E-state index contributed by atoms with van der Waals surface area (Å²) in [5.74, 6) is -3.39. The van der Waals surface area contributed by atoms with Crippen LogP contribution in [0.2, 0.25) is 0 Å². The lowest BCUT2D eigenvalue weighted by Gasteiger charge is -2.18. The summed E-state index contributed by atoms with van der Waals surface area (Å²) in [6.07, 6.45) is 0.257. The van der Waals surface area contributed by atoms with E-state index in [9.17, 15) is 18.0 Å². The van der Waals surface area contributed by atoms with Crippen LogP contribution < -0.4 is 4.90 Å². The van der Waals surface area contributed by atoms with Gasteiger partial charge in [0.25, 0.3) is 5.92 Å². The topological polar surface area (TPSA) is 20.3 Å². The highest BCUT2D eigenvalue weighted by Crippen LogP contribution is 2.32. The normalized spacial score (nSPS) is 18.8. The van der Waals surface area contributed by atoms with Gasteiger partial charge < -0.3 is 4.90 Å². The lowest BCUT2D eigenvalue weighted by molar-refractivity contribution is 0.0257. The van der Waals surface area contributed by atoms with Gasteiger partial charge in [0.05, 0.1) is 12.2 Å². The summed E-state index contributed by atoms with van der Waals surface area (Å²) in [5, 5.41) is 0. The van der Waals surface area contributed by atoms with Crippen LogP contribution in [0.3, 0.4) is 0 Å². The molecule has 0 atom stereocenters. The fraction of sp³-hybridized carbons (Fsp3) is 0.364. The monoisotopic (exact) mass is 229 g/mol. The molecule has 1 aliphatic rings. The van der Waals surface area contributed by atoms with E-state index >= 15 is 0 Å². The molecule has 0 aromatic heterocycles. The number of rotatable bonds is 2. The minimum absolute atomic E-state index is 0.128. The van der Waals surface area contributed by atoms with Gasteiger partial charge in [0.1, 0.15) is 12.1 Å². The van der Waals surface area contributed by atoms with Crippen molar-refractivity contribution in [2.75, 3.05) is 18.0 Å². The summed E-state index contributed by atoms with van der Waals surface area (Å²) in [6.45, 7) is -0.339. The van der Waals surface area contributed by atoms with Crippen molar-refractivity contribution in [1.29, 1.82) is 0 Å². The summed E-state index contributed by atoms with van der Waals surface area (Å²) in [7, 11) is 0. The van der Waals surface area contributed by atoms with Crippen LogP contribution in [-0.4, -0.2) is 25.3 Å². The lowest BCUT2D eigenvalue weighted by Crippen LogP contribution is -2.25. The van der Waals surface area contributed by atoms with Crippen molar-refractivity contribution in [1.82, 2.24) is 0 Å². The van der Waals surface area contributed by atoms with Gasteiger partial charge in [0, 0.05) is 18.5 Å². The quantitative estimate of drug-likeness (QED) is 0.726. The molecule has 16 heavy (non-hydrogen) atoms. The Hall–Kier alpha value is -1.52. The molecule has 0 aliphatic carbocycles. The zero-order valence-electron chi connectivity index (χ0n) is 8.42. The number of hydrogen-bond donors (Lipinski definition) is 0. The molecule has 1 fully saturated rings. The van der Waals surface area contributed by atoms with E-state index in [1.54, 1.807) is 0 Å². The van der Waals surface area contributed by atoms with E-state index in [1.807, 2.05) is 0 Å². The van der Waals surface area contributed by atoms with Crippen LogP contribution in [0.5, 0.6) is 0 Å². The standard InChI is InChI=1S/C11H10F3NO/c12-9-5-8(6-16)1-2-10(9)15-4-3-11(13,14)7-15/h1-2,5-6H,3-4,7H2. The van der Waals surface area contributed by atoms with Crippen LogP contribution >= 0.6 is 0 Å². The highest BCUT2D eigenvalue weighted by atomic mass is 19.3. The zero-order valence-corrected chi connectivity index (χ0v) is 8.42. The van der Waals surface area contributed by atoms with Crippen LogP contribution in [0.1, 0.15) is 16.8 Å². The van der Waals surface area contributed by atoms with Gasteiger partial charge in [-0.05, 0) is 18.2 Å². The molecule has 5 heteroatoms. The average molecular weight is 229 g/mol. The lowest BCUT2D eigenvalue weighted by atomic mass is 10.2. The second-order valence-corrected chi connectivity index (χ2v) is 3.86. The van der Waals surface area contributed by atoms with E-state index in [0.29, 0.717) is 6.29 Å².